The average molecular weight is 568 g/mol. The number of hydrogen-bond acceptors (Lipinski definition) is 5. The van der Waals surface area contributed by atoms with Gasteiger partial charge in [0.15, 0.2) is 11.6 Å². The van der Waals surface area contributed by atoms with Crippen LogP contribution in [0.2, 0.25) is 0 Å². The van der Waals surface area contributed by atoms with Crippen molar-refractivity contribution in [1.29, 1.82) is 0 Å². The van der Waals surface area contributed by atoms with Crippen molar-refractivity contribution in [2.45, 2.75) is 103 Å². The second kappa shape index (κ2) is 14.7. The summed E-state index contributed by atoms with van der Waals surface area (Å²) in [5, 5.41) is 27.2. The Morgan fingerprint density at radius 3 is 0.839 bits per heavy atom. The summed E-state index contributed by atoms with van der Waals surface area (Å²) in [6, 6.07) is 0. The Morgan fingerprint density at radius 1 is 0.581 bits per heavy atom. The minimum Gasteiger partial charge on any atom is -0.512 e. The van der Waals surface area contributed by atoms with Crippen LogP contribution in [0.1, 0.15) is 96.9 Å². The van der Waals surface area contributed by atoms with Gasteiger partial charge in [-0.05, 0) is 13.8 Å². The number of rotatable bonds is 2. The van der Waals surface area contributed by atoms with Crippen LogP contribution in [0, 0.1) is 57.3 Å². The molecule has 0 aliphatic carbocycles. The molecule has 0 aliphatic rings. The summed E-state index contributed by atoms with van der Waals surface area (Å²) < 4.78 is 0. The SMILES string of the molecule is CC(C)(C)C(=O)/C=C(\O)C(C)(C)C.CC(C)(C)C(=O)/C=C(\O)C(C)(C)C.CC(C)O.[La]. The van der Waals surface area contributed by atoms with Crippen molar-refractivity contribution in [3.05, 3.63) is 23.7 Å². The van der Waals surface area contributed by atoms with Crippen molar-refractivity contribution >= 4 is 11.6 Å². The largest absolute Gasteiger partial charge is 0.512 e. The first-order valence-corrected chi connectivity index (χ1v) is 10.4. The molecule has 0 aliphatic heterocycles. The molecule has 0 aromatic heterocycles. The number of aliphatic hydroxyl groups is 3. The number of hydrogen-bond donors (Lipinski definition) is 3. The van der Waals surface area contributed by atoms with Crippen LogP contribution in [0.4, 0.5) is 0 Å². The van der Waals surface area contributed by atoms with Gasteiger partial charge in [0.2, 0.25) is 0 Å². The van der Waals surface area contributed by atoms with Crippen LogP contribution in [-0.2, 0) is 9.59 Å². The number of ketones is 2. The van der Waals surface area contributed by atoms with Crippen LogP contribution in [0.5, 0.6) is 0 Å². The Hall–Kier alpha value is -0.425. The van der Waals surface area contributed by atoms with Crippen LogP contribution in [0.3, 0.4) is 0 Å². The fourth-order valence-corrected chi connectivity index (χ4v) is 1.11. The van der Waals surface area contributed by atoms with Gasteiger partial charge in [-0.3, -0.25) is 9.59 Å². The second-order valence-corrected chi connectivity index (χ2v) is 11.9. The third kappa shape index (κ3) is 22.6. The number of allylic oxidation sites excluding steroid dienone is 4. The summed E-state index contributed by atoms with van der Waals surface area (Å²) in [4.78, 5) is 23.0. The molecule has 1 radical (unpaired) electrons. The molecule has 0 unspecified atom stereocenters. The van der Waals surface area contributed by atoms with Gasteiger partial charge in [-0.1, -0.05) is 83.1 Å². The van der Waals surface area contributed by atoms with Gasteiger partial charge in [-0.2, -0.15) is 0 Å². The first-order valence-electron chi connectivity index (χ1n) is 10.4. The van der Waals surface area contributed by atoms with Crippen LogP contribution in [0.15, 0.2) is 23.7 Å². The van der Waals surface area contributed by atoms with Crippen molar-refractivity contribution in [2.75, 3.05) is 0 Å². The third-order valence-corrected chi connectivity index (χ3v) is 3.55. The monoisotopic (exact) mass is 567 g/mol. The van der Waals surface area contributed by atoms with E-state index in [9.17, 15) is 19.8 Å². The van der Waals surface area contributed by atoms with E-state index in [2.05, 4.69) is 0 Å². The fourth-order valence-electron chi connectivity index (χ4n) is 1.11. The van der Waals surface area contributed by atoms with E-state index < -0.39 is 10.8 Å². The normalized spacial score (nSPS) is 13.3. The van der Waals surface area contributed by atoms with E-state index in [1.807, 2.05) is 83.1 Å². The third-order valence-electron chi connectivity index (χ3n) is 3.55. The molecular formula is C25H48LaO5. The first-order chi connectivity index (χ1) is 12.8. The topological polar surface area (TPSA) is 94.8 Å². The molecule has 0 aromatic carbocycles. The van der Waals surface area contributed by atoms with Gasteiger partial charge in [0.05, 0.1) is 0 Å². The maximum Gasteiger partial charge on any atom is 0.164 e. The maximum atomic E-state index is 11.5. The number of carbonyl (C=O) groups excluding carboxylic acids is 2. The van der Waals surface area contributed by atoms with E-state index in [4.69, 9.17) is 5.11 Å². The summed E-state index contributed by atoms with van der Waals surface area (Å²) in [7, 11) is 0. The molecule has 3 N–H and O–H groups in total. The van der Waals surface area contributed by atoms with Gasteiger partial charge in [0, 0.05) is 75.5 Å². The predicted octanol–water partition coefficient (Wildman–Crippen LogP) is 6.57. The van der Waals surface area contributed by atoms with E-state index >= 15 is 0 Å². The van der Waals surface area contributed by atoms with Gasteiger partial charge < -0.3 is 15.3 Å². The quantitative estimate of drug-likeness (QED) is 0.259. The summed E-state index contributed by atoms with van der Waals surface area (Å²) >= 11 is 0. The van der Waals surface area contributed by atoms with Gasteiger partial charge in [0.1, 0.15) is 11.5 Å². The summed E-state index contributed by atoms with van der Waals surface area (Å²) in [5.41, 5.74) is -1.53. The molecule has 5 nitrogen and oxygen atoms in total. The Balaban J connectivity index is -0.000000195. The Labute approximate surface area is 219 Å². The van der Waals surface area contributed by atoms with E-state index in [0.717, 1.165) is 0 Å². The minimum atomic E-state index is -0.417. The predicted molar refractivity (Wildman–Crippen MR) is 127 cm³/mol. The fraction of sp³-hybridized carbons (Fsp3) is 0.760. The summed E-state index contributed by atoms with van der Waals surface area (Å²) in [5.74, 6) is 0.208. The van der Waals surface area contributed by atoms with Gasteiger partial charge in [-0.25, -0.2) is 0 Å². The molecule has 0 heterocycles. The minimum absolute atomic E-state index is 0. The molecule has 0 rings (SSSR count). The molecule has 0 amide bonds. The van der Waals surface area contributed by atoms with E-state index in [-0.39, 0.29) is 75.6 Å². The molecule has 31 heavy (non-hydrogen) atoms. The molecule has 0 atom stereocenters. The van der Waals surface area contributed by atoms with Crippen LogP contribution >= 0.6 is 0 Å². The zero-order valence-electron chi connectivity index (χ0n) is 22.5. The summed E-state index contributed by atoms with van der Waals surface area (Å²) in [6.45, 7) is 25.7. The smallest absolute Gasteiger partial charge is 0.164 e. The zero-order valence-corrected chi connectivity index (χ0v) is 26.1. The van der Waals surface area contributed by atoms with Gasteiger partial charge >= 0.3 is 0 Å². The van der Waals surface area contributed by atoms with Crippen LogP contribution < -0.4 is 0 Å². The molecular weight excluding hydrogens is 519 g/mol. The maximum absolute atomic E-state index is 11.5. The van der Waals surface area contributed by atoms with Gasteiger partial charge in [0.25, 0.3) is 0 Å². The van der Waals surface area contributed by atoms with Gasteiger partial charge in [-0.15, -0.1) is 0 Å². The van der Waals surface area contributed by atoms with E-state index in [1.54, 1.807) is 13.8 Å². The first kappa shape index (κ1) is 37.9. The second-order valence-electron chi connectivity index (χ2n) is 11.9. The van der Waals surface area contributed by atoms with Crippen LogP contribution in [-0.4, -0.2) is 33.0 Å². The van der Waals surface area contributed by atoms with E-state index in [1.165, 1.54) is 12.2 Å². The van der Waals surface area contributed by atoms with Crippen molar-refractivity contribution < 1.29 is 60.5 Å². The average Bonchev–Trinajstić information content (AvgIpc) is 2.42. The molecule has 0 aromatic rings. The standard InChI is InChI=1S/2C11H20O2.C3H8O.La/c2*1-10(2,3)8(12)7-9(13)11(4,5)6;1-3(2)4;/h2*7,12H,1-6H3;3-4H,1-2H3;/b2*8-7-;;. The Bertz CT molecular complexity index is 547. The van der Waals surface area contributed by atoms with Crippen molar-refractivity contribution in [2.24, 2.45) is 21.7 Å². The number of aliphatic hydroxyl groups excluding tert-OH is 3. The molecule has 0 fully saturated rings. The van der Waals surface area contributed by atoms with Crippen LogP contribution in [0.25, 0.3) is 0 Å². The van der Waals surface area contributed by atoms with E-state index in [0.29, 0.717) is 0 Å². The molecule has 0 saturated carbocycles. The molecule has 0 saturated heterocycles. The molecule has 6 heteroatoms. The zero-order chi connectivity index (χ0) is 25.3. The molecule has 0 spiro atoms. The Kier molecular flexibility index (Phi) is 17.9. The van der Waals surface area contributed by atoms with Crippen molar-refractivity contribution in [3.8, 4) is 0 Å². The molecule has 0 bridgehead atoms. The summed E-state index contributed by atoms with van der Waals surface area (Å²) in [6.07, 6.45) is 2.50. The number of carbonyl (C=O) groups is 2. The molecule has 181 valence electrons. The Morgan fingerprint density at radius 2 is 0.742 bits per heavy atom. The van der Waals surface area contributed by atoms with Crippen molar-refractivity contribution in [1.82, 2.24) is 0 Å². The van der Waals surface area contributed by atoms with Crippen molar-refractivity contribution in [3.63, 3.8) is 0 Å².